The highest BCUT2D eigenvalue weighted by atomic mass is 16.5. The van der Waals surface area contributed by atoms with Gasteiger partial charge >= 0.3 is 6.09 Å². The second-order valence-corrected chi connectivity index (χ2v) is 9.60. The van der Waals surface area contributed by atoms with Crippen molar-refractivity contribution in [2.75, 3.05) is 47.1 Å². The number of amides is 2. The molecule has 1 aliphatic rings. The number of aliphatic hydroxyl groups is 1. The fraction of sp³-hybridized carbons (Fsp3) is 0.355. The lowest BCUT2D eigenvalue weighted by Crippen LogP contribution is -2.46. The zero-order valence-corrected chi connectivity index (χ0v) is 23.2. The molecule has 3 aromatic rings. The summed E-state index contributed by atoms with van der Waals surface area (Å²) in [6, 6.07) is 24.5. The van der Waals surface area contributed by atoms with Gasteiger partial charge in [0.2, 0.25) is 5.91 Å². The van der Waals surface area contributed by atoms with Crippen LogP contribution in [0.2, 0.25) is 0 Å². The molecule has 0 unspecified atom stereocenters. The normalized spacial score (nSPS) is 16.8. The first-order valence-corrected chi connectivity index (χ1v) is 13.4. The Hall–Kier alpha value is -4.12. The van der Waals surface area contributed by atoms with Gasteiger partial charge in [-0.2, -0.15) is 0 Å². The molecule has 1 heterocycles. The summed E-state index contributed by atoms with van der Waals surface area (Å²) in [5, 5.41) is 21.7. The van der Waals surface area contributed by atoms with Crippen LogP contribution in [-0.4, -0.2) is 86.4 Å². The highest BCUT2D eigenvalue weighted by molar-refractivity contribution is 5.86. The van der Waals surface area contributed by atoms with E-state index in [2.05, 4.69) is 5.32 Å². The summed E-state index contributed by atoms with van der Waals surface area (Å²) in [6.07, 6.45) is -2.01. The largest absolute Gasteiger partial charge is 0.497 e. The SMILES string of the molecule is COc1ccc(C(OCCOCCNC(=O)[C@@H]2C[C@@H](O)CN2C(=O)O)(c2ccccc2)c2ccc(OC)cc2)cc1. The summed E-state index contributed by atoms with van der Waals surface area (Å²) in [6.45, 7) is 0.815. The average molecular weight is 565 g/mol. The van der Waals surface area contributed by atoms with Crippen LogP contribution >= 0.6 is 0 Å². The number of nitrogens with one attached hydrogen (secondary N) is 1. The Morgan fingerprint density at radius 3 is 1.95 bits per heavy atom. The number of aliphatic hydroxyl groups excluding tert-OH is 1. The number of rotatable bonds is 13. The maximum atomic E-state index is 12.5. The lowest BCUT2D eigenvalue weighted by molar-refractivity contribution is -0.125. The molecule has 0 aliphatic carbocycles. The van der Waals surface area contributed by atoms with Crippen LogP contribution in [0.15, 0.2) is 78.9 Å². The molecule has 1 saturated heterocycles. The van der Waals surface area contributed by atoms with Crippen LogP contribution in [0.3, 0.4) is 0 Å². The van der Waals surface area contributed by atoms with Crippen LogP contribution in [0.5, 0.6) is 11.5 Å². The number of hydrogen-bond donors (Lipinski definition) is 3. The van der Waals surface area contributed by atoms with Gasteiger partial charge in [0.25, 0.3) is 0 Å². The second kappa shape index (κ2) is 14.0. The lowest BCUT2D eigenvalue weighted by atomic mass is 9.80. The minimum absolute atomic E-state index is 0.0745. The first-order chi connectivity index (χ1) is 19.9. The fourth-order valence-corrected chi connectivity index (χ4v) is 5.07. The van der Waals surface area contributed by atoms with Crippen molar-refractivity contribution >= 4 is 12.0 Å². The molecule has 3 N–H and O–H groups in total. The summed E-state index contributed by atoms with van der Waals surface area (Å²) < 4.78 is 23.2. The van der Waals surface area contributed by atoms with Crippen molar-refractivity contribution in [3.8, 4) is 11.5 Å². The number of β-amino-alcohol motifs (C(OH)–C–C–N with tert-alkyl or cyclic N) is 1. The topological polar surface area (TPSA) is 127 Å². The quantitative estimate of drug-likeness (QED) is 0.213. The van der Waals surface area contributed by atoms with Gasteiger partial charge < -0.3 is 34.5 Å². The van der Waals surface area contributed by atoms with Gasteiger partial charge in [0.15, 0.2) is 0 Å². The number of nitrogens with zero attached hydrogens (tertiary/aromatic N) is 1. The highest BCUT2D eigenvalue weighted by Crippen LogP contribution is 2.41. The predicted octanol–water partition coefficient (Wildman–Crippen LogP) is 3.26. The summed E-state index contributed by atoms with van der Waals surface area (Å²) in [4.78, 5) is 24.8. The monoisotopic (exact) mass is 564 g/mol. The third kappa shape index (κ3) is 6.97. The molecule has 0 aromatic heterocycles. The van der Waals surface area contributed by atoms with E-state index in [1.165, 1.54) is 0 Å². The van der Waals surface area contributed by atoms with Crippen LogP contribution in [0.4, 0.5) is 4.79 Å². The van der Waals surface area contributed by atoms with E-state index in [-0.39, 0.29) is 39.3 Å². The predicted molar refractivity (Wildman–Crippen MR) is 151 cm³/mol. The molecule has 1 fully saturated rings. The summed E-state index contributed by atoms with van der Waals surface area (Å²) in [5.74, 6) is 1.01. The van der Waals surface area contributed by atoms with E-state index >= 15 is 0 Å². The van der Waals surface area contributed by atoms with E-state index in [0.717, 1.165) is 33.1 Å². The van der Waals surface area contributed by atoms with E-state index in [4.69, 9.17) is 18.9 Å². The minimum atomic E-state index is -1.23. The van der Waals surface area contributed by atoms with E-state index in [1.807, 2.05) is 78.9 Å². The maximum Gasteiger partial charge on any atom is 0.408 e. The molecule has 0 saturated carbocycles. The Bertz CT molecular complexity index is 1220. The van der Waals surface area contributed by atoms with Crippen LogP contribution in [0, 0.1) is 0 Å². The first-order valence-electron chi connectivity index (χ1n) is 13.4. The molecule has 1 aliphatic heterocycles. The Labute approximate surface area is 239 Å². The molecule has 10 heteroatoms. The highest BCUT2D eigenvalue weighted by Gasteiger charge is 2.39. The minimum Gasteiger partial charge on any atom is -0.497 e. The molecule has 2 atom stereocenters. The fourth-order valence-electron chi connectivity index (χ4n) is 5.07. The Kier molecular flexibility index (Phi) is 10.2. The van der Waals surface area contributed by atoms with Crippen molar-refractivity contribution < 1.29 is 38.7 Å². The Morgan fingerprint density at radius 1 is 0.854 bits per heavy atom. The first kappa shape index (κ1) is 29.9. The molecule has 3 aromatic carbocycles. The molecule has 218 valence electrons. The van der Waals surface area contributed by atoms with Crippen LogP contribution < -0.4 is 14.8 Å². The molecule has 41 heavy (non-hydrogen) atoms. The smallest absolute Gasteiger partial charge is 0.408 e. The number of benzene rings is 3. The molecule has 0 spiro atoms. The van der Waals surface area contributed by atoms with Crippen molar-refractivity contribution in [3.63, 3.8) is 0 Å². The van der Waals surface area contributed by atoms with E-state index in [0.29, 0.717) is 0 Å². The molecular weight excluding hydrogens is 528 g/mol. The molecule has 0 bridgehead atoms. The van der Waals surface area contributed by atoms with Gasteiger partial charge in [-0.25, -0.2) is 4.79 Å². The molecule has 4 rings (SSSR count). The van der Waals surface area contributed by atoms with Crippen molar-refractivity contribution in [3.05, 3.63) is 95.6 Å². The van der Waals surface area contributed by atoms with Gasteiger partial charge in [0.1, 0.15) is 23.1 Å². The van der Waals surface area contributed by atoms with Gasteiger partial charge in [-0.3, -0.25) is 9.69 Å². The lowest BCUT2D eigenvalue weighted by Gasteiger charge is -2.36. The second-order valence-electron chi connectivity index (χ2n) is 9.60. The van der Waals surface area contributed by atoms with Gasteiger partial charge in [-0.1, -0.05) is 54.6 Å². The standard InChI is InChI=1S/C31H36N2O8/c1-38-26-12-8-23(9-13-26)31(22-6-4-3-5-7-22,24-10-14-27(39-2)15-11-24)41-19-18-40-17-16-32-29(35)28-20-25(34)21-33(28)30(36)37/h3-15,25,28,34H,16-21H2,1-2H3,(H,32,35)(H,36,37)/t25-,28+/m1/s1. The van der Waals surface area contributed by atoms with Crippen molar-refractivity contribution in [2.24, 2.45) is 0 Å². The van der Waals surface area contributed by atoms with E-state index in [1.54, 1.807) is 14.2 Å². The molecule has 2 amide bonds. The van der Waals surface area contributed by atoms with Crippen molar-refractivity contribution in [1.82, 2.24) is 10.2 Å². The summed E-state index contributed by atoms with van der Waals surface area (Å²) >= 11 is 0. The summed E-state index contributed by atoms with van der Waals surface area (Å²) in [5.41, 5.74) is 1.79. The van der Waals surface area contributed by atoms with Gasteiger partial charge in [-0.05, 0) is 41.0 Å². The maximum absolute atomic E-state index is 12.5. The zero-order valence-electron chi connectivity index (χ0n) is 23.2. The van der Waals surface area contributed by atoms with Gasteiger partial charge in [0.05, 0.1) is 46.7 Å². The van der Waals surface area contributed by atoms with Crippen molar-refractivity contribution in [2.45, 2.75) is 24.2 Å². The molecule has 10 nitrogen and oxygen atoms in total. The number of carboxylic acid groups (broad SMARTS) is 1. The van der Waals surface area contributed by atoms with Crippen molar-refractivity contribution in [1.29, 1.82) is 0 Å². The number of carbonyl (C=O) groups is 2. The van der Waals surface area contributed by atoms with E-state index in [9.17, 15) is 19.8 Å². The van der Waals surface area contributed by atoms with Crippen LogP contribution in [-0.2, 0) is 19.9 Å². The number of hydrogen-bond acceptors (Lipinski definition) is 7. The summed E-state index contributed by atoms with van der Waals surface area (Å²) in [7, 11) is 3.25. The zero-order chi connectivity index (χ0) is 29.2. The van der Waals surface area contributed by atoms with Gasteiger partial charge in [-0.15, -0.1) is 0 Å². The number of carbonyl (C=O) groups excluding carboxylic acids is 1. The van der Waals surface area contributed by atoms with Crippen LogP contribution in [0.25, 0.3) is 0 Å². The van der Waals surface area contributed by atoms with Crippen LogP contribution in [0.1, 0.15) is 23.1 Å². The van der Waals surface area contributed by atoms with Gasteiger partial charge in [0, 0.05) is 13.0 Å². The number of likely N-dealkylation sites (tertiary alicyclic amines) is 1. The Morgan fingerprint density at radius 2 is 1.41 bits per heavy atom. The number of ether oxygens (including phenoxy) is 4. The Balaban J connectivity index is 1.44. The third-order valence-corrected chi connectivity index (χ3v) is 7.09. The molecule has 0 radical (unpaired) electrons. The molecular formula is C31H36N2O8. The average Bonchev–Trinajstić information content (AvgIpc) is 3.41. The van der Waals surface area contributed by atoms with E-state index < -0.39 is 29.7 Å². The number of methoxy groups -OCH3 is 2. The third-order valence-electron chi connectivity index (χ3n) is 7.09.